The molecule has 1 heterocycles. The average molecular weight is 334 g/mol. The third kappa shape index (κ3) is 4.56. The van der Waals surface area contributed by atoms with Crippen molar-refractivity contribution >= 4 is 5.90 Å². The monoisotopic (exact) mass is 334 g/mol. The molecule has 0 atom stereocenters. The zero-order valence-electron chi connectivity index (χ0n) is 13.3. The molecule has 4 nitrogen and oxygen atoms in total. The number of furan rings is 1. The predicted octanol–water partition coefficient (Wildman–Crippen LogP) is 3.66. The van der Waals surface area contributed by atoms with E-state index in [1.54, 1.807) is 24.3 Å². The Balaban J connectivity index is 1.68. The van der Waals surface area contributed by atoms with Crippen LogP contribution in [0.2, 0.25) is 0 Å². The van der Waals surface area contributed by atoms with Gasteiger partial charge in [0.25, 0.3) is 5.90 Å². The summed E-state index contributed by atoms with van der Waals surface area (Å²) in [7, 11) is 0. The molecule has 2 N–H and O–H groups in total. The molecule has 0 saturated heterocycles. The summed E-state index contributed by atoms with van der Waals surface area (Å²) in [6, 6.07) is 17.2. The van der Waals surface area contributed by atoms with Crippen LogP contribution in [0.15, 0.2) is 76.3 Å². The van der Waals surface area contributed by atoms with Crippen LogP contribution in [0.3, 0.4) is 0 Å². The molecule has 5 heteroatoms. The summed E-state index contributed by atoms with van der Waals surface area (Å²) in [6.45, 7) is 0.394. The lowest BCUT2D eigenvalue weighted by Gasteiger charge is -2.01. The Kier molecular flexibility index (Phi) is 5.25. The molecule has 0 spiro atoms. The van der Waals surface area contributed by atoms with E-state index in [0.717, 1.165) is 11.1 Å². The molecule has 0 fully saturated rings. The molecule has 2 aromatic carbocycles. The second-order valence-electron chi connectivity index (χ2n) is 5.17. The molecular weight excluding hydrogens is 319 g/mol. The van der Waals surface area contributed by atoms with Crippen molar-refractivity contribution in [3.05, 3.63) is 95.2 Å². The van der Waals surface area contributed by atoms with E-state index in [1.807, 2.05) is 24.3 Å². The number of hydrogen-bond acceptors (Lipinski definition) is 4. The number of hydrogen-bond donors (Lipinski definition) is 1. The fourth-order valence-electron chi connectivity index (χ4n) is 2.14. The molecule has 0 amide bonds. The quantitative estimate of drug-likeness (QED) is 0.344. The number of halogens is 1. The van der Waals surface area contributed by atoms with E-state index in [1.165, 1.54) is 18.4 Å². The van der Waals surface area contributed by atoms with Gasteiger partial charge in [-0.1, -0.05) is 30.0 Å². The normalized spacial score (nSPS) is 10.9. The number of rotatable bonds is 3. The van der Waals surface area contributed by atoms with Gasteiger partial charge in [0.05, 0.1) is 12.8 Å². The molecule has 25 heavy (non-hydrogen) atoms. The van der Waals surface area contributed by atoms with Gasteiger partial charge in [0.1, 0.15) is 5.82 Å². The van der Waals surface area contributed by atoms with Gasteiger partial charge in [0, 0.05) is 11.1 Å². The van der Waals surface area contributed by atoms with E-state index in [-0.39, 0.29) is 11.7 Å². The van der Waals surface area contributed by atoms with Gasteiger partial charge in [-0.25, -0.2) is 9.38 Å². The van der Waals surface area contributed by atoms with Crippen LogP contribution < -0.4 is 5.90 Å². The van der Waals surface area contributed by atoms with E-state index in [2.05, 4.69) is 16.8 Å². The highest BCUT2D eigenvalue weighted by atomic mass is 19.1. The Labute approximate surface area is 144 Å². The lowest BCUT2D eigenvalue weighted by Crippen LogP contribution is -2.11. The summed E-state index contributed by atoms with van der Waals surface area (Å²) in [6.07, 6.45) is 1.52. The molecule has 1 aromatic heterocycles. The molecular formula is C20H15FN2O2. The first-order valence-electron chi connectivity index (χ1n) is 7.56. The molecule has 0 aliphatic heterocycles. The van der Waals surface area contributed by atoms with Crippen LogP contribution in [-0.4, -0.2) is 5.90 Å². The summed E-state index contributed by atoms with van der Waals surface area (Å²) in [5.41, 5.74) is 2.44. The van der Waals surface area contributed by atoms with Crippen molar-refractivity contribution in [2.45, 2.75) is 6.54 Å². The average Bonchev–Trinajstić information content (AvgIpc) is 3.16. The van der Waals surface area contributed by atoms with Gasteiger partial charge >= 0.3 is 0 Å². The summed E-state index contributed by atoms with van der Waals surface area (Å²) in [5.74, 6) is 11.6. The van der Waals surface area contributed by atoms with Crippen LogP contribution in [0.4, 0.5) is 4.39 Å². The zero-order valence-corrected chi connectivity index (χ0v) is 13.3. The first kappa shape index (κ1) is 16.5. The maximum absolute atomic E-state index is 13.1. The molecule has 0 bridgehead atoms. The topological polar surface area (TPSA) is 60.8 Å². The van der Waals surface area contributed by atoms with Crippen LogP contribution in [0.25, 0.3) is 0 Å². The first-order valence-corrected chi connectivity index (χ1v) is 7.56. The summed E-state index contributed by atoms with van der Waals surface area (Å²) in [5, 5.41) is 0. The lowest BCUT2D eigenvalue weighted by molar-refractivity contribution is 0.311. The van der Waals surface area contributed by atoms with Crippen molar-refractivity contribution in [1.82, 2.24) is 0 Å². The maximum atomic E-state index is 13.1. The van der Waals surface area contributed by atoms with E-state index in [4.69, 9.17) is 15.2 Å². The standard InChI is InChI=1S/C20H15FN2O2/c21-18-4-1-3-16(13-18)9-6-15-7-10-17(11-8-15)14-23-20(25-22)19-5-2-12-24-19/h1-5,7-8,10-13H,14,22H2. The lowest BCUT2D eigenvalue weighted by atomic mass is 10.1. The van der Waals surface area contributed by atoms with Crippen LogP contribution in [0, 0.1) is 17.7 Å². The number of aliphatic imine (C=N–C) groups is 1. The van der Waals surface area contributed by atoms with Gasteiger partial charge in [-0.3, -0.25) is 0 Å². The largest absolute Gasteiger partial charge is 0.459 e. The zero-order chi connectivity index (χ0) is 17.5. The van der Waals surface area contributed by atoms with Gasteiger partial charge < -0.3 is 9.25 Å². The number of benzene rings is 2. The third-order valence-electron chi connectivity index (χ3n) is 3.38. The van der Waals surface area contributed by atoms with Crippen LogP contribution in [-0.2, 0) is 11.4 Å². The number of nitrogens with zero attached hydrogens (tertiary/aromatic N) is 1. The second-order valence-corrected chi connectivity index (χ2v) is 5.17. The minimum atomic E-state index is -0.297. The van der Waals surface area contributed by atoms with E-state index in [0.29, 0.717) is 17.9 Å². The Hall–Kier alpha value is -3.36. The van der Waals surface area contributed by atoms with Crippen molar-refractivity contribution < 1.29 is 13.6 Å². The fraction of sp³-hybridized carbons (Fsp3) is 0.0500. The van der Waals surface area contributed by atoms with Gasteiger partial charge in [0.15, 0.2) is 5.76 Å². The molecule has 3 aromatic rings. The summed E-state index contributed by atoms with van der Waals surface area (Å²) >= 11 is 0. The maximum Gasteiger partial charge on any atom is 0.276 e. The van der Waals surface area contributed by atoms with Crippen molar-refractivity contribution in [2.24, 2.45) is 10.9 Å². The second kappa shape index (κ2) is 7.95. The Morgan fingerprint density at radius 1 is 1.04 bits per heavy atom. The van der Waals surface area contributed by atoms with Gasteiger partial charge in [0.2, 0.25) is 0 Å². The molecule has 0 aliphatic carbocycles. The van der Waals surface area contributed by atoms with Gasteiger partial charge in [-0.05, 0) is 48.0 Å². The van der Waals surface area contributed by atoms with E-state index < -0.39 is 0 Å². The minimum Gasteiger partial charge on any atom is -0.459 e. The molecule has 0 saturated carbocycles. The summed E-state index contributed by atoms with van der Waals surface area (Å²) in [4.78, 5) is 9.03. The highest BCUT2D eigenvalue weighted by molar-refractivity contribution is 5.91. The molecule has 0 radical (unpaired) electrons. The van der Waals surface area contributed by atoms with Gasteiger partial charge in [-0.15, -0.1) is 0 Å². The smallest absolute Gasteiger partial charge is 0.276 e. The van der Waals surface area contributed by atoms with Crippen molar-refractivity contribution in [3.8, 4) is 11.8 Å². The van der Waals surface area contributed by atoms with Crippen molar-refractivity contribution in [2.75, 3.05) is 0 Å². The minimum absolute atomic E-state index is 0.236. The Bertz CT molecular complexity index is 920. The highest BCUT2D eigenvalue weighted by Crippen LogP contribution is 2.08. The van der Waals surface area contributed by atoms with Crippen LogP contribution in [0.1, 0.15) is 22.5 Å². The first-order chi connectivity index (χ1) is 12.2. The molecule has 3 rings (SSSR count). The van der Waals surface area contributed by atoms with E-state index >= 15 is 0 Å². The molecule has 124 valence electrons. The third-order valence-corrected chi connectivity index (χ3v) is 3.38. The van der Waals surface area contributed by atoms with Crippen molar-refractivity contribution in [3.63, 3.8) is 0 Å². The van der Waals surface area contributed by atoms with E-state index in [9.17, 15) is 4.39 Å². The predicted molar refractivity (Wildman–Crippen MR) is 93.0 cm³/mol. The summed E-state index contributed by atoms with van der Waals surface area (Å²) < 4.78 is 18.3. The molecule has 0 aliphatic rings. The molecule has 0 unspecified atom stereocenters. The number of nitrogens with two attached hydrogens (primary N) is 1. The Morgan fingerprint density at radius 2 is 1.84 bits per heavy atom. The fourth-order valence-corrected chi connectivity index (χ4v) is 2.14. The SMILES string of the molecule is NOC(=NCc1ccc(C#Cc2cccc(F)c2)cc1)c1ccco1. The van der Waals surface area contributed by atoms with Crippen molar-refractivity contribution in [1.29, 1.82) is 0 Å². The van der Waals surface area contributed by atoms with Crippen LogP contribution >= 0.6 is 0 Å². The van der Waals surface area contributed by atoms with Crippen LogP contribution in [0.5, 0.6) is 0 Å². The Morgan fingerprint density at radius 3 is 2.52 bits per heavy atom. The highest BCUT2D eigenvalue weighted by Gasteiger charge is 2.06. The van der Waals surface area contributed by atoms with Gasteiger partial charge in [-0.2, -0.15) is 5.90 Å².